The normalized spacial score (nSPS) is 17.4. The number of nitrogens with one attached hydrogen (secondary N) is 1. The molecule has 14 heavy (non-hydrogen) atoms. The van der Waals surface area contributed by atoms with Crippen LogP contribution in [0.5, 0.6) is 0 Å². The van der Waals surface area contributed by atoms with E-state index in [4.69, 9.17) is 4.52 Å². The fourth-order valence-corrected chi connectivity index (χ4v) is 2.22. The predicted molar refractivity (Wildman–Crippen MR) is 53.1 cm³/mol. The lowest BCUT2D eigenvalue weighted by atomic mass is 10.2. The minimum Gasteiger partial charge on any atom is -0.280 e. The van der Waals surface area contributed by atoms with Crippen LogP contribution in [0.2, 0.25) is 0 Å². The van der Waals surface area contributed by atoms with Crippen molar-refractivity contribution in [3.05, 3.63) is 10.4 Å². The van der Waals surface area contributed by atoms with Gasteiger partial charge in [0.25, 0.3) is 0 Å². The molecule has 1 saturated heterocycles. The zero-order valence-electron chi connectivity index (χ0n) is 8.15. The Labute approximate surface area is 86.0 Å². The summed E-state index contributed by atoms with van der Waals surface area (Å²) in [5.74, 6) is 0. The molecule has 0 spiro atoms. The largest absolute Gasteiger partial charge is 0.444 e. The molecular weight excluding hydrogens is 202 g/mol. The molecule has 5 nitrogen and oxygen atoms in total. The summed E-state index contributed by atoms with van der Waals surface area (Å²) in [6, 6.07) is 0. The van der Waals surface area contributed by atoms with Gasteiger partial charge in [0.2, 0.25) is 0 Å². The number of piperidine rings is 1. The summed E-state index contributed by atoms with van der Waals surface area (Å²) in [5.41, 5.74) is -0.289. The molecule has 0 atom stereocenters. The predicted octanol–water partition coefficient (Wildman–Crippen LogP) is 0.0992. The smallest absolute Gasteiger partial charge is 0.280 e. The number of hydrogen-bond acceptors (Lipinski definition) is 4. The first-order valence-electron chi connectivity index (χ1n) is 4.75. The van der Waals surface area contributed by atoms with Gasteiger partial charge in [-0.2, -0.15) is 5.01 Å². The Balaban J connectivity index is 2.25. The van der Waals surface area contributed by atoms with E-state index in [9.17, 15) is 4.79 Å². The molecule has 6 heteroatoms. The van der Waals surface area contributed by atoms with E-state index in [0.717, 1.165) is 13.1 Å². The van der Waals surface area contributed by atoms with Gasteiger partial charge in [-0.05, 0) is 37.3 Å². The van der Waals surface area contributed by atoms with Crippen molar-refractivity contribution in [2.45, 2.75) is 24.3 Å². The van der Waals surface area contributed by atoms with E-state index >= 15 is 0 Å². The lowest BCUT2D eigenvalue weighted by Gasteiger charge is -2.19. The third kappa shape index (κ3) is 1.66. The summed E-state index contributed by atoms with van der Waals surface area (Å²) in [4.78, 5) is 13.0. The van der Waals surface area contributed by atoms with E-state index in [1.165, 1.54) is 31.0 Å². The summed E-state index contributed by atoms with van der Waals surface area (Å²) in [6.07, 6.45) is 5.50. The average Bonchev–Trinajstić information content (AvgIpc) is 2.61. The number of aromatic nitrogens is 2. The number of rotatable bonds is 2. The van der Waals surface area contributed by atoms with Gasteiger partial charge in [-0.3, -0.25) is 4.52 Å². The molecule has 0 saturated carbocycles. The summed E-state index contributed by atoms with van der Waals surface area (Å²) in [7, 11) is 0. The molecular formula is C8H14N3O2S+. The Morgan fingerprint density at radius 1 is 1.43 bits per heavy atom. The molecule has 0 amide bonds. The molecule has 0 aromatic carbocycles. The second-order valence-corrected chi connectivity index (χ2v) is 4.11. The highest BCUT2D eigenvalue weighted by Gasteiger charge is 2.27. The fraction of sp³-hybridized carbons (Fsp3) is 0.750. The number of aromatic amines is 1. The maximum atomic E-state index is 11.2. The highest BCUT2D eigenvalue weighted by molar-refractivity contribution is 7.98. The van der Waals surface area contributed by atoms with Gasteiger partial charge in [0.1, 0.15) is 0 Å². The van der Waals surface area contributed by atoms with Crippen molar-refractivity contribution < 1.29 is 9.31 Å². The molecule has 1 aromatic heterocycles. The van der Waals surface area contributed by atoms with Gasteiger partial charge < -0.3 is 0 Å². The quantitative estimate of drug-likeness (QED) is 0.562. The lowest BCUT2D eigenvalue weighted by Crippen LogP contribution is -2.62. The number of thioether (sulfide) groups is 1. The zero-order valence-corrected chi connectivity index (χ0v) is 8.97. The van der Waals surface area contributed by atoms with E-state index < -0.39 is 0 Å². The summed E-state index contributed by atoms with van der Waals surface area (Å²) in [5, 5.41) is 5.36. The Bertz CT molecular complexity index is 354. The van der Waals surface area contributed by atoms with Gasteiger partial charge in [-0.15, -0.1) is 0 Å². The molecule has 0 radical (unpaired) electrons. The van der Waals surface area contributed by atoms with Crippen LogP contribution in [0.3, 0.4) is 0 Å². The molecule has 1 aromatic rings. The molecule has 78 valence electrons. The Morgan fingerprint density at radius 3 is 2.79 bits per heavy atom. The second-order valence-electron chi connectivity index (χ2n) is 3.32. The van der Waals surface area contributed by atoms with Crippen LogP contribution in [0.15, 0.2) is 14.3 Å². The molecule has 1 N–H and O–H groups in total. The maximum absolute atomic E-state index is 11.2. The third-order valence-corrected chi connectivity index (χ3v) is 3.13. The molecule has 1 aliphatic heterocycles. The molecule has 1 fully saturated rings. The molecule has 2 rings (SSSR count). The van der Waals surface area contributed by atoms with Crippen LogP contribution < -0.4 is 15.4 Å². The monoisotopic (exact) mass is 216 g/mol. The first-order chi connectivity index (χ1) is 6.83. The Morgan fingerprint density at radius 2 is 2.14 bits per heavy atom. The molecule has 2 heterocycles. The average molecular weight is 216 g/mol. The fourth-order valence-electron chi connectivity index (χ4n) is 1.69. The third-order valence-electron chi connectivity index (χ3n) is 2.40. The molecule has 0 aliphatic carbocycles. The van der Waals surface area contributed by atoms with Crippen LogP contribution in [0.1, 0.15) is 19.3 Å². The van der Waals surface area contributed by atoms with Gasteiger partial charge in [-0.1, -0.05) is 0 Å². The minimum absolute atomic E-state index is 0.289. The minimum atomic E-state index is -0.289. The second kappa shape index (κ2) is 4.08. The van der Waals surface area contributed by atoms with Gasteiger partial charge in [-0.25, -0.2) is 4.79 Å². The van der Waals surface area contributed by atoms with Crippen LogP contribution in [0.25, 0.3) is 0 Å². The lowest BCUT2D eigenvalue weighted by molar-refractivity contribution is -0.790. The van der Waals surface area contributed by atoms with E-state index in [2.05, 4.69) is 10.3 Å². The van der Waals surface area contributed by atoms with Gasteiger partial charge in [0.15, 0.2) is 0 Å². The van der Waals surface area contributed by atoms with Crippen LogP contribution in [0, 0.1) is 0 Å². The van der Waals surface area contributed by atoms with Crippen LogP contribution >= 0.6 is 11.8 Å². The van der Waals surface area contributed by atoms with Crippen molar-refractivity contribution in [2.24, 2.45) is 0 Å². The molecule has 0 unspecified atom stereocenters. The topological polar surface area (TPSA) is 53.1 Å². The SMILES string of the molecule is CSc1c(=O)o[nH][n+]1N1CCCCC1. The maximum Gasteiger partial charge on any atom is 0.444 e. The van der Waals surface area contributed by atoms with E-state index in [1.54, 1.807) is 4.79 Å². The molecule has 0 bridgehead atoms. The first-order valence-corrected chi connectivity index (χ1v) is 5.98. The van der Waals surface area contributed by atoms with Crippen molar-refractivity contribution in [1.29, 1.82) is 0 Å². The Hall–Kier alpha value is -0.910. The Kier molecular flexibility index (Phi) is 2.81. The summed E-state index contributed by atoms with van der Waals surface area (Å²) in [6.45, 7) is 1.96. The zero-order chi connectivity index (χ0) is 9.97. The van der Waals surface area contributed by atoms with E-state index in [0.29, 0.717) is 5.03 Å². The number of hydrogen-bond donors (Lipinski definition) is 1. The summed E-state index contributed by atoms with van der Waals surface area (Å²) >= 11 is 1.41. The van der Waals surface area contributed by atoms with Crippen molar-refractivity contribution in [3.63, 3.8) is 0 Å². The highest BCUT2D eigenvalue weighted by Crippen LogP contribution is 2.07. The first kappa shape index (κ1) is 9.64. The van der Waals surface area contributed by atoms with E-state index in [1.807, 2.05) is 6.26 Å². The number of H-pyrrole nitrogens is 1. The van der Waals surface area contributed by atoms with Crippen molar-refractivity contribution in [3.8, 4) is 0 Å². The summed E-state index contributed by atoms with van der Waals surface area (Å²) < 4.78 is 4.76. The van der Waals surface area contributed by atoms with Gasteiger partial charge >= 0.3 is 10.7 Å². The van der Waals surface area contributed by atoms with Gasteiger partial charge in [0.05, 0.1) is 17.9 Å². The van der Waals surface area contributed by atoms with Crippen molar-refractivity contribution in [2.75, 3.05) is 24.4 Å². The van der Waals surface area contributed by atoms with Gasteiger partial charge in [0, 0.05) is 5.27 Å². The van der Waals surface area contributed by atoms with Crippen LogP contribution in [0.4, 0.5) is 0 Å². The standard InChI is InChI=1S/C8H13N3O2S/c1-14-7-8(12)13-9-11(7)10-5-3-2-4-6-10/h2-6H2,1H3/p+1. The van der Waals surface area contributed by atoms with Crippen LogP contribution in [-0.2, 0) is 0 Å². The highest BCUT2D eigenvalue weighted by atomic mass is 32.2. The van der Waals surface area contributed by atoms with Crippen molar-refractivity contribution >= 4 is 11.8 Å². The van der Waals surface area contributed by atoms with Crippen molar-refractivity contribution in [1.82, 2.24) is 5.27 Å². The van der Waals surface area contributed by atoms with E-state index in [-0.39, 0.29) is 5.63 Å². The van der Waals surface area contributed by atoms with Crippen LogP contribution in [-0.4, -0.2) is 24.6 Å². The molecule has 1 aliphatic rings. The number of nitrogens with zero attached hydrogens (tertiary/aromatic N) is 2.